The number of aliphatic hydroxyl groups excluding tert-OH is 1. The molecule has 0 aliphatic heterocycles. The van der Waals surface area contributed by atoms with Crippen molar-refractivity contribution in [2.24, 2.45) is 0 Å². The van der Waals surface area contributed by atoms with Gasteiger partial charge >= 0.3 is 0 Å². The van der Waals surface area contributed by atoms with Crippen LogP contribution in [0.5, 0.6) is 5.75 Å². The fourth-order valence-electron chi connectivity index (χ4n) is 1.15. The molecule has 1 atom stereocenters. The maximum Gasteiger partial charge on any atom is 0.120 e. The van der Waals surface area contributed by atoms with Crippen molar-refractivity contribution in [1.82, 2.24) is 0 Å². The van der Waals surface area contributed by atoms with Gasteiger partial charge in [-0.25, -0.2) is 0 Å². The first kappa shape index (κ1) is 10.4. The van der Waals surface area contributed by atoms with Crippen molar-refractivity contribution >= 4 is 11.6 Å². The fourth-order valence-corrected chi connectivity index (χ4v) is 1.41. The molecule has 72 valence electrons. The van der Waals surface area contributed by atoms with Crippen LogP contribution in [0.25, 0.3) is 0 Å². The molecule has 0 spiro atoms. The molecule has 13 heavy (non-hydrogen) atoms. The zero-order valence-corrected chi connectivity index (χ0v) is 8.25. The lowest BCUT2D eigenvalue weighted by Crippen LogP contribution is -2.01. The number of hydrogen-bond acceptors (Lipinski definition) is 2. The van der Waals surface area contributed by atoms with E-state index in [1.165, 1.54) is 0 Å². The van der Waals surface area contributed by atoms with Crippen molar-refractivity contribution in [3.8, 4) is 5.75 Å². The molecule has 1 aromatic rings. The maximum absolute atomic E-state index is 9.44. The predicted molar refractivity (Wildman–Crippen MR) is 53.1 cm³/mol. The highest BCUT2D eigenvalue weighted by Crippen LogP contribution is 2.26. The molecule has 0 aliphatic rings. The number of halogens is 1. The number of phenols is 1. The Bertz CT molecular complexity index is 264. The average Bonchev–Trinajstić information content (AvgIpc) is 2.03. The van der Waals surface area contributed by atoms with E-state index in [1.807, 2.05) is 0 Å². The van der Waals surface area contributed by atoms with Gasteiger partial charge < -0.3 is 10.2 Å². The molecule has 1 rings (SSSR count). The van der Waals surface area contributed by atoms with Crippen LogP contribution in [0.2, 0.25) is 5.02 Å². The predicted octanol–water partition coefficient (Wildman–Crippen LogP) is 2.36. The van der Waals surface area contributed by atoms with E-state index >= 15 is 0 Å². The Balaban J connectivity index is 2.75. The van der Waals surface area contributed by atoms with E-state index < -0.39 is 0 Å². The lowest BCUT2D eigenvalue weighted by molar-refractivity contribution is 0.184. The first-order valence-electron chi connectivity index (χ1n) is 4.25. The monoisotopic (exact) mass is 200 g/mol. The van der Waals surface area contributed by atoms with E-state index in [4.69, 9.17) is 16.7 Å². The van der Waals surface area contributed by atoms with Crippen LogP contribution >= 0.6 is 11.6 Å². The molecule has 0 unspecified atom stereocenters. The molecule has 2 N–H and O–H groups in total. The van der Waals surface area contributed by atoms with Gasteiger partial charge in [0.1, 0.15) is 5.75 Å². The molecule has 0 aliphatic carbocycles. The van der Waals surface area contributed by atoms with Gasteiger partial charge in [-0.05, 0) is 31.9 Å². The molecule has 0 heterocycles. The molecule has 0 radical (unpaired) electrons. The number of benzene rings is 1. The smallest absolute Gasteiger partial charge is 0.120 e. The Morgan fingerprint density at radius 1 is 1.46 bits per heavy atom. The second-order valence-corrected chi connectivity index (χ2v) is 3.53. The summed E-state index contributed by atoms with van der Waals surface area (Å²) >= 11 is 5.87. The molecule has 0 amide bonds. The molecular weight excluding hydrogens is 188 g/mol. The SMILES string of the molecule is C[C@H](O)CCc1c(O)cccc1Cl. The van der Waals surface area contributed by atoms with E-state index in [0.717, 1.165) is 0 Å². The highest BCUT2D eigenvalue weighted by Gasteiger charge is 2.06. The second kappa shape index (κ2) is 4.49. The summed E-state index contributed by atoms with van der Waals surface area (Å²) in [5.74, 6) is 0.202. The Morgan fingerprint density at radius 2 is 2.15 bits per heavy atom. The highest BCUT2D eigenvalue weighted by atomic mass is 35.5. The third kappa shape index (κ3) is 2.90. The summed E-state index contributed by atoms with van der Waals surface area (Å²) in [6.07, 6.45) is 0.844. The molecule has 3 heteroatoms. The number of aliphatic hydroxyl groups is 1. The van der Waals surface area contributed by atoms with E-state index in [0.29, 0.717) is 23.4 Å². The summed E-state index contributed by atoms with van der Waals surface area (Å²) in [5.41, 5.74) is 0.713. The first-order chi connectivity index (χ1) is 6.11. The zero-order valence-electron chi connectivity index (χ0n) is 7.50. The number of phenolic OH excluding ortho intramolecular Hbond substituents is 1. The van der Waals surface area contributed by atoms with Crippen LogP contribution in [0.3, 0.4) is 0 Å². The van der Waals surface area contributed by atoms with Crippen LogP contribution in [-0.2, 0) is 6.42 Å². The minimum atomic E-state index is -0.365. The van der Waals surface area contributed by atoms with E-state index in [2.05, 4.69) is 0 Å². The molecule has 2 nitrogen and oxygen atoms in total. The molecule has 0 bridgehead atoms. The van der Waals surface area contributed by atoms with Gasteiger partial charge in [0.25, 0.3) is 0 Å². The quantitative estimate of drug-likeness (QED) is 0.787. The number of rotatable bonds is 3. The third-order valence-corrected chi connectivity index (χ3v) is 2.26. The molecule has 1 aromatic carbocycles. The van der Waals surface area contributed by atoms with Gasteiger partial charge in [-0.3, -0.25) is 0 Å². The molecule has 0 aromatic heterocycles. The summed E-state index contributed by atoms with van der Waals surface area (Å²) in [7, 11) is 0. The summed E-state index contributed by atoms with van der Waals surface area (Å²) in [6, 6.07) is 5.03. The summed E-state index contributed by atoms with van der Waals surface area (Å²) in [6.45, 7) is 1.72. The highest BCUT2D eigenvalue weighted by molar-refractivity contribution is 6.31. The summed E-state index contributed by atoms with van der Waals surface area (Å²) in [4.78, 5) is 0. The van der Waals surface area contributed by atoms with Gasteiger partial charge in [-0.15, -0.1) is 0 Å². The standard InChI is InChI=1S/C10H13ClO2/c1-7(12)5-6-8-9(11)3-2-4-10(8)13/h2-4,7,12-13H,5-6H2,1H3/t7-/m0/s1. The van der Waals surface area contributed by atoms with Crippen LogP contribution in [0.15, 0.2) is 18.2 Å². The molecular formula is C10H13ClO2. The Morgan fingerprint density at radius 3 is 2.69 bits per heavy atom. The molecule has 0 saturated carbocycles. The van der Waals surface area contributed by atoms with Crippen LogP contribution in [0.1, 0.15) is 18.9 Å². The van der Waals surface area contributed by atoms with Crippen LogP contribution in [0, 0.1) is 0 Å². The first-order valence-corrected chi connectivity index (χ1v) is 4.63. The van der Waals surface area contributed by atoms with Crippen molar-refractivity contribution in [2.75, 3.05) is 0 Å². The summed E-state index contributed by atoms with van der Waals surface area (Å²) < 4.78 is 0. The van der Waals surface area contributed by atoms with Crippen molar-refractivity contribution in [3.05, 3.63) is 28.8 Å². The van der Waals surface area contributed by atoms with E-state index in [9.17, 15) is 5.11 Å². The van der Waals surface area contributed by atoms with Crippen molar-refractivity contribution in [1.29, 1.82) is 0 Å². The number of aromatic hydroxyl groups is 1. The van der Waals surface area contributed by atoms with Gasteiger partial charge in [-0.2, -0.15) is 0 Å². The third-order valence-electron chi connectivity index (χ3n) is 1.91. The van der Waals surface area contributed by atoms with Gasteiger partial charge in [0.15, 0.2) is 0 Å². The molecule has 0 fully saturated rings. The average molecular weight is 201 g/mol. The van der Waals surface area contributed by atoms with Gasteiger partial charge in [0.05, 0.1) is 6.10 Å². The topological polar surface area (TPSA) is 40.5 Å². The Labute approximate surface area is 82.8 Å². The van der Waals surface area contributed by atoms with Crippen molar-refractivity contribution in [2.45, 2.75) is 25.9 Å². The van der Waals surface area contributed by atoms with Crippen LogP contribution in [0.4, 0.5) is 0 Å². The largest absolute Gasteiger partial charge is 0.508 e. The van der Waals surface area contributed by atoms with E-state index in [1.54, 1.807) is 25.1 Å². The summed E-state index contributed by atoms with van der Waals surface area (Å²) in [5, 5.41) is 19.1. The second-order valence-electron chi connectivity index (χ2n) is 3.13. The van der Waals surface area contributed by atoms with Crippen LogP contribution in [-0.4, -0.2) is 16.3 Å². The Hall–Kier alpha value is -0.730. The lowest BCUT2D eigenvalue weighted by atomic mass is 10.1. The van der Waals surface area contributed by atoms with Gasteiger partial charge in [0, 0.05) is 10.6 Å². The minimum Gasteiger partial charge on any atom is -0.508 e. The minimum absolute atomic E-state index is 0.202. The van der Waals surface area contributed by atoms with Gasteiger partial charge in [-0.1, -0.05) is 17.7 Å². The Kier molecular flexibility index (Phi) is 3.58. The maximum atomic E-state index is 9.44. The normalized spacial score (nSPS) is 12.8. The van der Waals surface area contributed by atoms with Gasteiger partial charge in [0.2, 0.25) is 0 Å². The fraction of sp³-hybridized carbons (Fsp3) is 0.400. The zero-order chi connectivity index (χ0) is 9.84. The lowest BCUT2D eigenvalue weighted by Gasteiger charge is -2.07. The van der Waals surface area contributed by atoms with Crippen LogP contribution < -0.4 is 0 Å². The van der Waals surface area contributed by atoms with Crippen molar-refractivity contribution < 1.29 is 10.2 Å². The van der Waals surface area contributed by atoms with Crippen molar-refractivity contribution in [3.63, 3.8) is 0 Å². The number of hydrogen-bond donors (Lipinski definition) is 2. The van der Waals surface area contributed by atoms with E-state index in [-0.39, 0.29) is 11.9 Å². The molecule has 0 saturated heterocycles.